The number of aromatic nitrogens is 2. The third-order valence-electron chi connectivity index (χ3n) is 6.07. The largest absolute Gasteiger partial charge is 0.327 e. The van der Waals surface area contributed by atoms with Crippen LogP contribution < -0.4 is 16.6 Å². The van der Waals surface area contributed by atoms with Gasteiger partial charge in [-0.2, -0.15) is 0 Å². The Hall–Kier alpha value is -2.38. The first-order valence-electron chi connectivity index (χ1n) is 9.78. The zero-order chi connectivity index (χ0) is 20.6. The fraction of sp³-hybridized carbons (Fsp3) is 0.524. The average molecular weight is 386 g/mol. The number of rotatable bonds is 4. The summed E-state index contributed by atoms with van der Waals surface area (Å²) in [4.78, 5) is 28.1. The Balaban J connectivity index is 1.82. The molecular weight excluding hydrogens is 354 g/mol. The zero-order valence-electron chi connectivity index (χ0n) is 17.4. The highest BCUT2D eigenvalue weighted by Gasteiger charge is 2.37. The van der Waals surface area contributed by atoms with Crippen LogP contribution in [0.3, 0.4) is 0 Å². The number of amides is 1. The number of anilines is 1. The maximum Gasteiger partial charge on any atom is 0.295 e. The van der Waals surface area contributed by atoms with Crippen LogP contribution in [-0.2, 0) is 11.8 Å². The van der Waals surface area contributed by atoms with Crippen LogP contribution >= 0.6 is 0 Å². The molecule has 152 valence electrons. The number of piperidine rings is 1. The second kappa shape index (κ2) is 7.56. The highest BCUT2D eigenvalue weighted by molar-refractivity contribution is 5.95. The van der Waals surface area contributed by atoms with Gasteiger partial charge in [-0.3, -0.25) is 19.2 Å². The van der Waals surface area contributed by atoms with Crippen LogP contribution in [0.5, 0.6) is 0 Å². The summed E-state index contributed by atoms with van der Waals surface area (Å²) in [5.41, 5.74) is 7.75. The van der Waals surface area contributed by atoms with Gasteiger partial charge in [0.05, 0.1) is 17.4 Å². The van der Waals surface area contributed by atoms with Crippen molar-refractivity contribution in [2.45, 2.75) is 46.2 Å². The van der Waals surface area contributed by atoms with Crippen molar-refractivity contribution in [3.8, 4) is 5.69 Å². The van der Waals surface area contributed by atoms with Gasteiger partial charge in [0.15, 0.2) is 0 Å². The van der Waals surface area contributed by atoms with E-state index in [-0.39, 0.29) is 29.0 Å². The molecule has 1 aliphatic rings. The van der Waals surface area contributed by atoms with Crippen LogP contribution in [0.15, 0.2) is 35.1 Å². The van der Waals surface area contributed by atoms with Crippen LogP contribution in [0.4, 0.5) is 5.69 Å². The van der Waals surface area contributed by atoms with E-state index in [1.807, 2.05) is 51.2 Å². The molecule has 0 aliphatic carbocycles. The third kappa shape index (κ3) is 3.64. The Morgan fingerprint density at radius 2 is 1.93 bits per heavy atom. The molecule has 7 nitrogen and oxygen atoms in total. The number of nitrogens with zero attached hydrogens (tertiary/aromatic N) is 3. The summed E-state index contributed by atoms with van der Waals surface area (Å²) in [6, 6.07) is 9.20. The number of benzene rings is 1. The summed E-state index contributed by atoms with van der Waals surface area (Å²) in [5.74, 6) is -0.169. The van der Waals surface area contributed by atoms with Crippen molar-refractivity contribution in [2.24, 2.45) is 18.2 Å². The van der Waals surface area contributed by atoms with E-state index in [0.717, 1.165) is 30.9 Å². The first kappa shape index (κ1) is 20.4. The Morgan fingerprint density at radius 1 is 1.29 bits per heavy atom. The molecule has 3 N–H and O–H groups in total. The third-order valence-corrected chi connectivity index (χ3v) is 6.07. The number of para-hydroxylation sites is 1. The molecule has 2 aromatic rings. The Bertz CT molecular complexity index is 913. The lowest BCUT2D eigenvalue weighted by Crippen LogP contribution is -2.56. The van der Waals surface area contributed by atoms with Crippen LogP contribution in [0.25, 0.3) is 5.69 Å². The average Bonchev–Trinajstić information content (AvgIpc) is 2.87. The summed E-state index contributed by atoms with van der Waals surface area (Å²) >= 11 is 0. The molecule has 3 rings (SSSR count). The van der Waals surface area contributed by atoms with E-state index >= 15 is 0 Å². The van der Waals surface area contributed by atoms with Gasteiger partial charge in [-0.1, -0.05) is 32.0 Å². The minimum atomic E-state index is -0.337. The number of carbonyl (C=O) groups is 1. The van der Waals surface area contributed by atoms with Crippen molar-refractivity contribution in [1.82, 2.24) is 14.3 Å². The summed E-state index contributed by atoms with van der Waals surface area (Å²) < 4.78 is 3.33. The van der Waals surface area contributed by atoms with Gasteiger partial charge in [0.25, 0.3) is 5.56 Å². The highest BCUT2D eigenvalue weighted by Crippen LogP contribution is 2.29. The molecule has 0 bridgehead atoms. The maximum absolute atomic E-state index is 13.0. The van der Waals surface area contributed by atoms with Gasteiger partial charge in [-0.05, 0) is 37.8 Å². The monoisotopic (exact) mass is 385 g/mol. The Kier molecular flexibility index (Phi) is 5.50. The van der Waals surface area contributed by atoms with Crippen LogP contribution in [0.2, 0.25) is 0 Å². The second-order valence-corrected chi connectivity index (χ2v) is 8.46. The molecule has 2 unspecified atom stereocenters. The van der Waals surface area contributed by atoms with E-state index in [4.69, 9.17) is 5.73 Å². The van der Waals surface area contributed by atoms with E-state index in [1.54, 1.807) is 9.36 Å². The topological polar surface area (TPSA) is 85.3 Å². The minimum Gasteiger partial charge on any atom is -0.327 e. The van der Waals surface area contributed by atoms with Crippen LogP contribution in [-0.4, -0.2) is 45.3 Å². The molecule has 0 spiro atoms. The first-order valence-corrected chi connectivity index (χ1v) is 9.78. The van der Waals surface area contributed by atoms with Crippen LogP contribution in [0.1, 0.15) is 32.9 Å². The van der Waals surface area contributed by atoms with Gasteiger partial charge in [-0.25, -0.2) is 4.68 Å². The molecule has 1 fully saturated rings. The first-order chi connectivity index (χ1) is 13.1. The van der Waals surface area contributed by atoms with Gasteiger partial charge in [0.1, 0.15) is 5.69 Å². The van der Waals surface area contributed by atoms with Gasteiger partial charge in [0.2, 0.25) is 5.91 Å². The van der Waals surface area contributed by atoms with E-state index in [9.17, 15) is 9.59 Å². The van der Waals surface area contributed by atoms with Crippen molar-refractivity contribution in [3.05, 3.63) is 46.4 Å². The molecule has 0 radical (unpaired) electrons. The van der Waals surface area contributed by atoms with Crippen molar-refractivity contribution >= 4 is 11.6 Å². The van der Waals surface area contributed by atoms with Gasteiger partial charge in [-0.15, -0.1) is 0 Å². The lowest BCUT2D eigenvalue weighted by atomic mass is 9.79. The maximum atomic E-state index is 13.0. The molecule has 1 aliphatic heterocycles. The standard InChI is InChI=1S/C21H31N5O2/c1-14-18(20(28)26(24(14)5)16-9-7-6-8-10-16)23-19(27)15(2)25-12-11-17(22)21(3,4)13-25/h6-10,15,17H,11-13,22H2,1-5H3,(H,23,27). The van der Waals surface area contributed by atoms with Crippen molar-refractivity contribution in [3.63, 3.8) is 0 Å². The molecule has 1 saturated heterocycles. The van der Waals surface area contributed by atoms with E-state index in [2.05, 4.69) is 24.1 Å². The molecule has 1 amide bonds. The molecule has 2 atom stereocenters. The van der Waals surface area contributed by atoms with Crippen molar-refractivity contribution in [2.75, 3.05) is 18.4 Å². The number of carbonyl (C=O) groups excluding carboxylic acids is 1. The minimum absolute atomic E-state index is 0.0462. The smallest absolute Gasteiger partial charge is 0.295 e. The summed E-state index contributed by atoms with van der Waals surface area (Å²) in [6.07, 6.45) is 0.857. The van der Waals surface area contributed by atoms with Gasteiger partial charge >= 0.3 is 0 Å². The number of nitrogens with two attached hydrogens (primary N) is 1. The predicted octanol–water partition coefficient (Wildman–Crippen LogP) is 1.87. The summed E-state index contributed by atoms with van der Waals surface area (Å²) in [7, 11) is 1.82. The molecule has 1 aromatic heterocycles. The normalized spacial score (nSPS) is 20.7. The molecule has 1 aromatic carbocycles. The quantitative estimate of drug-likeness (QED) is 0.841. The lowest BCUT2D eigenvalue weighted by molar-refractivity contribution is -0.122. The number of hydrogen-bond donors (Lipinski definition) is 2. The van der Waals surface area contributed by atoms with Crippen LogP contribution in [0, 0.1) is 12.3 Å². The number of likely N-dealkylation sites (tertiary alicyclic amines) is 1. The van der Waals surface area contributed by atoms with E-state index in [0.29, 0.717) is 5.69 Å². The lowest BCUT2D eigenvalue weighted by Gasteiger charge is -2.44. The molecule has 7 heteroatoms. The molecule has 28 heavy (non-hydrogen) atoms. The Morgan fingerprint density at radius 3 is 2.54 bits per heavy atom. The fourth-order valence-electron chi connectivity index (χ4n) is 3.85. The number of hydrogen-bond acceptors (Lipinski definition) is 4. The Labute approximate surface area is 166 Å². The summed E-state index contributed by atoms with van der Waals surface area (Å²) in [5, 5.41) is 2.88. The fourth-order valence-corrected chi connectivity index (χ4v) is 3.85. The van der Waals surface area contributed by atoms with E-state index in [1.165, 1.54) is 0 Å². The second-order valence-electron chi connectivity index (χ2n) is 8.46. The molecular formula is C21H31N5O2. The predicted molar refractivity (Wildman–Crippen MR) is 112 cm³/mol. The highest BCUT2D eigenvalue weighted by atomic mass is 16.2. The van der Waals surface area contributed by atoms with E-state index < -0.39 is 0 Å². The van der Waals surface area contributed by atoms with Gasteiger partial charge in [0, 0.05) is 26.2 Å². The number of nitrogens with one attached hydrogen (secondary N) is 1. The van der Waals surface area contributed by atoms with Gasteiger partial charge < -0.3 is 11.1 Å². The van der Waals surface area contributed by atoms with Crippen molar-refractivity contribution < 1.29 is 4.79 Å². The molecule has 2 heterocycles. The van der Waals surface area contributed by atoms with Crippen molar-refractivity contribution in [1.29, 1.82) is 0 Å². The SMILES string of the molecule is Cc1c(NC(=O)C(C)N2CCC(N)C(C)(C)C2)c(=O)n(-c2ccccc2)n1C. The summed E-state index contributed by atoms with van der Waals surface area (Å²) in [6.45, 7) is 9.52. The molecule has 0 saturated carbocycles. The zero-order valence-corrected chi connectivity index (χ0v) is 17.4.